The zero-order valence-corrected chi connectivity index (χ0v) is 12.8. The molecule has 0 unspecified atom stereocenters. The van der Waals surface area contributed by atoms with E-state index in [1.54, 1.807) is 4.57 Å². The molecule has 1 heterocycles. The van der Waals surface area contributed by atoms with Crippen molar-refractivity contribution in [2.24, 2.45) is 5.73 Å². The number of nitrogens with zero attached hydrogens (tertiary/aromatic N) is 1. The standard InChI is InChI=1S/C16H22N2O2/c1-10-6-7-14-12(13(10)9-17)8-11(2)18(14)15(19)20-16(3,4)5/h6-8H,9,17H2,1-5H3. The van der Waals surface area contributed by atoms with Crippen molar-refractivity contribution in [3.05, 3.63) is 35.0 Å². The van der Waals surface area contributed by atoms with Crippen LogP contribution in [0.2, 0.25) is 0 Å². The van der Waals surface area contributed by atoms with Crippen LogP contribution < -0.4 is 5.73 Å². The lowest BCUT2D eigenvalue weighted by molar-refractivity contribution is 0.0541. The lowest BCUT2D eigenvalue weighted by atomic mass is 10.0. The normalized spacial score (nSPS) is 11.9. The van der Waals surface area contributed by atoms with Crippen LogP contribution >= 0.6 is 0 Å². The van der Waals surface area contributed by atoms with Crippen LogP contribution in [-0.4, -0.2) is 16.3 Å². The topological polar surface area (TPSA) is 57.2 Å². The molecule has 108 valence electrons. The van der Waals surface area contributed by atoms with Crippen LogP contribution in [0.1, 0.15) is 37.6 Å². The van der Waals surface area contributed by atoms with Gasteiger partial charge < -0.3 is 10.5 Å². The SMILES string of the molecule is Cc1ccc2c(cc(C)n2C(=O)OC(C)(C)C)c1CN. The molecule has 0 saturated carbocycles. The monoisotopic (exact) mass is 274 g/mol. The van der Waals surface area contributed by atoms with E-state index in [0.717, 1.165) is 27.7 Å². The van der Waals surface area contributed by atoms with Gasteiger partial charge in [-0.1, -0.05) is 6.07 Å². The molecule has 20 heavy (non-hydrogen) atoms. The van der Waals surface area contributed by atoms with Gasteiger partial charge in [-0.05, 0) is 57.9 Å². The number of nitrogens with two attached hydrogens (primary N) is 1. The minimum Gasteiger partial charge on any atom is -0.443 e. The van der Waals surface area contributed by atoms with Crippen molar-refractivity contribution < 1.29 is 9.53 Å². The van der Waals surface area contributed by atoms with E-state index in [2.05, 4.69) is 0 Å². The molecule has 0 aliphatic carbocycles. The number of benzene rings is 1. The lowest BCUT2D eigenvalue weighted by Gasteiger charge is -2.20. The summed E-state index contributed by atoms with van der Waals surface area (Å²) in [6, 6.07) is 5.93. The van der Waals surface area contributed by atoms with Crippen molar-refractivity contribution in [1.82, 2.24) is 4.57 Å². The van der Waals surface area contributed by atoms with Gasteiger partial charge in [-0.15, -0.1) is 0 Å². The molecule has 0 saturated heterocycles. The Balaban J connectivity index is 2.61. The van der Waals surface area contributed by atoms with E-state index < -0.39 is 5.60 Å². The van der Waals surface area contributed by atoms with Crippen molar-refractivity contribution in [3.8, 4) is 0 Å². The summed E-state index contributed by atoms with van der Waals surface area (Å²) < 4.78 is 7.08. The van der Waals surface area contributed by atoms with E-state index in [9.17, 15) is 4.79 Å². The van der Waals surface area contributed by atoms with Gasteiger partial charge in [-0.2, -0.15) is 0 Å². The molecule has 4 heteroatoms. The summed E-state index contributed by atoms with van der Waals surface area (Å²) in [6.07, 6.45) is -0.350. The minimum absolute atomic E-state index is 0.350. The summed E-state index contributed by atoms with van der Waals surface area (Å²) in [5.74, 6) is 0. The van der Waals surface area contributed by atoms with Gasteiger partial charge in [0.2, 0.25) is 0 Å². The third-order valence-corrected chi connectivity index (χ3v) is 3.30. The second kappa shape index (κ2) is 4.94. The number of rotatable bonds is 1. The molecular weight excluding hydrogens is 252 g/mol. The first-order chi connectivity index (χ1) is 9.24. The Morgan fingerprint density at radius 3 is 2.50 bits per heavy atom. The van der Waals surface area contributed by atoms with Crippen molar-refractivity contribution in [2.45, 2.75) is 46.8 Å². The molecule has 2 N–H and O–H groups in total. The first-order valence-electron chi connectivity index (χ1n) is 6.78. The molecule has 0 atom stereocenters. The third-order valence-electron chi connectivity index (χ3n) is 3.30. The molecule has 4 nitrogen and oxygen atoms in total. The van der Waals surface area contributed by atoms with Crippen molar-refractivity contribution in [3.63, 3.8) is 0 Å². The fraction of sp³-hybridized carbons (Fsp3) is 0.438. The summed E-state index contributed by atoms with van der Waals surface area (Å²) in [6.45, 7) is 9.98. The highest BCUT2D eigenvalue weighted by molar-refractivity contribution is 5.93. The molecule has 1 aromatic carbocycles. The maximum atomic E-state index is 12.4. The van der Waals surface area contributed by atoms with Crippen LogP contribution in [0, 0.1) is 13.8 Å². The number of hydrogen-bond acceptors (Lipinski definition) is 3. The molecule has 1 aromatic heterocycles. The predicted molar refractivity (Wildman–Crippen MR) is 80.9 cm³/mol. The molecule has 2 rings (SSSR count). The Labute approximate surface area is 119 Å². The van der Waals surface area contributed by atoms with Gasteiger partial charge in [0.1, 0.15) is 5.60 Å². The van der Waals surface area contributed by atoms with Gasteiger partial charge in [0.05, 0.1) is 5.52 Å². The van der Waals surface area contributed by atoms with Crippen LogP contribution in [0.5, 0.6) is 0 Å². The predicted octanol–water partition coefficient (Wildman–Crippen LogP) is 3.50. The zero-order valence-electron chi connectivity index (χ0n) is 12.8. The van der Waals surface area contributed by atoms with Crippen LogP contribution in [0.15, 0.2) is 18.2 Å². The van der Waals surface area contributed by atoms with E-state index in [4.69, 9.17) is 10.5 Å². The van der Waals surface area contributed by atoms with E-state index in [1.165, 1.54) is 0 Å². The van der Waals surface area contributed by atoms with Crippen molar-refractivity contribution in [1.29, 1.82) is 0 Å². The Morgan fingerprint density at radius 1 is 1.30 bits per heavy atom. The van der Waals surface area contributed by atoms with Gasteiger partial charge in [0.25, 0.3) is 0 Å². The summed E-state index contributed by atoms with van der Waals surface area (Å²) in [4.78, 5) is 12.4. The number of aryl methyl sites for hydroxylation is 2. The first kappa shape index (κ1) is 14.6. The van der Waals surface area contributed by atoms with Crippen LogP contribution in [0.4, 0.5) is 4.79 Å². The van der Waals surface area contributed by atoms with Gasteiger partial charge in [0, 0.05) is 17.6 Å². The molecular formula is C16H22N2O2. The highest BCUT2D eigenvalue weighted by Crippen LogP contribution is 2.26. The Morgan fingerprint density at radius 2 is 1.95 bits per heavy atom. The maximum absolute atomic E-state index is 12.4. The quantitative estimate of drug-likeness (QED) is 0.865. The average Bonchev–Trinajstić information content (AvgIpc) is 2.63. The first-order valence-corrected chi connectivity index (χ1v) is 6.78. The van der Waals surface area contributed by atoms with E-state index in [1.807, 2.05) is 52.8 Å². The van der Waals surface area contributed by atoms with E-state index in [-0.39, 0.29) is 6.09 Å². The molecule has 0 spiro atoms. The minimum atomic E-state index is -0.512. The van der Waals surface area contributed by atoms with Gasteiger partial charge in [-0.3, -0.25) is 0 Å². The molecule has 0 aliphatic heterocycles. The Kier molecular flexibility index (Phi) is 3.61. The smallest absolute Gasteiger partial charge is 0.419 e. The number of ether oxygens (including phenoxy) is 1. The molecule has 0 fully saturated rings. The van der Waals surface area contributed by atoms with Crippen molar-refractivity contribution >= 4 is 17.0 Å². The largest absolute Gasteiger partial charge is 0.443 e. The van der Waals surface area contributed by atoms with Gasteiger partial charge in [-0.25, -0.2) is 9.36 Å². The van der Waals surface area contributed by atoms with Crippen LogP contribution in [-0.2, 0) is 11.3 Å². The molecule has 0 amide bonds. The molecule has 0 bridgehead atoms. The summed E-state index contributed by atoms with van der Waals surface area (Å²) in [5.41, 5.74) is 9.24. The van der Waals surface area contributed by atoms with E-state index in [0.29, 0.717) is 6.54 Å². The highest BCUT2D eigenvalue weighted by atomic mass is 16.6. The fourth-order valence-electron chi connectivity index (χ4n) is 2.40. The summed E-state index contributed by atoms with van der Waals surface area (Å²) in [5, 5.41) is 1.02. The number of carbonyl (C=O) groups is 1. The van der Waals surface area contributed by atoms with Crippen LogP contribution in [0.25, 0.3) is 10.9 Å². The third kappa shape index (κ3) is 2.56. The zero-order chi connectivity index (χ0) is 15.1. The van der Waals surface area contributed by atoms with Gasteiger partial charge >= 0.3 is 6.09 Å². The molecule has 0 aliphatic rings. The second-order valence-electron chi connectivity index (χ2n) is 6.10. The number of hydrogen-bond donors (Lipinski definition) is 1. The number of carbonyl (C=O) groups excluding carboxylic acids is 1. The lowest BCUT2D eigenvalue weighted by Crippen LogP contribution is -2.27. The number of fused-ring (bicyclic) bond motifs is 1. The summed E-state index contributed by atoms with van der Waals surface area (Å²) >= 11 is 0. The Bertz CT molecular complexity index is 663. The average molecular weight is 274 g/mol. The Hall–Kier alpha value is -1.81. The fourth-order valence-corrected chi connectivity index (χ4v) is 2.40. The van der Waals surface area contributed by atoms with Crippen LogP contribution in [0.3, 0.4) is 0 Å². The van der Waals surface area contributed by atoms with Crippen molar-refractivity contribution in [2.75, 3.05) is 0 Å². The summed E-state index contributed by atoms with van der Waals surface area (Å²) in [7, 11) is 0. The second-order valence-corrected chi connectivity index (χ2v) is 6.10. The molecule has 2 aromatic rings. The van der Waals surface area contributed by atoms with E-state index >= 15 is 0 Å². The maximum Gasteiger partial charge on any atom is 0.419 e. The molecule has 0 radical (unpaired) electrons. The number of aromatic nitrogens is 1. The van der Waals surface area contributed by atoms with Gasteiger partial charge in [0.15, 0.2) is 0 Å². The highest BCUT2D eigenvalue weighted by Gasteiger charge is 2.21.